The molecule has 3 aromatic heterocycles. The lowest BCUT2D eigenvalue weighted by molar-refractivity contribution is 0.0218. The average Bonchev–Trinajstić information content (AvgIpc) is 3.04. The quantitative estimate of drug-likeness (QED) is 0.622. The monoisotopic (exact) mass is 426 g/mol. The molecule has 0 aromatic carbocycles. The smallest absolute Gasteiger partial charge is 0.410 e. The van der Waals surface area contributed by atoms with Crippen molar-refractivity contribution >= 4 is 22.9 Å². The molecule has 1 atom stereocenters. The molecule has 1 saturated heterocycles. The van der Waals surface area contributed by atoms with Crippen LogP contribution in [0.5, 0.6) is 0 Å². The molecule has 1 aliphatic heterocycles. The number of hydrogen-bond acceptors (Lipinski definition) is 6. The Labute approximate surface area is 180 Å². The number of nitrogens with zero attached hydrogens (tertiary/aromatic N) is 6. The maximum atomic E-state index is 13.7. The number of aryl methyl sites for hydroxylation is 1. The van der Waals surface area contributed by atoms with Crippen LogP contribution in [0.25, 0.3) is 16.9 Å². The second-order valence-corrected chi connectivity index (χ2v) is 8.88. The summed E-state index contributed by atoms with van der Waals surface area (Å²) in [5.41, 5.74) is 1.11. The Morgan fingerprint density at radius 1 is 1.23 bits per heavy atom. The van der Waals surface area contributed by atoms with E-state index in [9.17, 15) is 9.18 Å². The number of anilines is 1. The van der Waals surface area contributed by atoms with Crippen LogP contribution in [-0.4, -0.2) is 61.8 Å². The SMILES string of the molecule is Cc1cn(-c2cc(F)ccn2)c2ncnc(N3CCN(C(=O)OC(C)(C)C)C[C@@H]3C)c12. The van der Waals surface area contributed by atoms with Gasteiger partial charge in [-0.2, -0.15) is 0 Å². The standard InChI is InChI=1S/C22H27FN6O2/c1-14-11-29(17-10-16(23)6-7-24-17)20-18(14)19(25-13-26-20)28-9-8-27(12-15(28)2)21(30)31-22(3,4)5/h6-7,10-11,13,15H,8-9,12H2,1-5H3/t15-/m0/s1. The number of hydrogen-bond donors (Lipinski definition) is 0. The number of rotatable bonds is 2. The molecule has 0 spiro atoms. The first-order valence-electron chi connectivity index (χ1n) is 10.3. The van der Waals surface area contributed by atoms with E-state index in [0.29, 0.717) is 31.1 Å². The molecule has 0 N–H and O–H groups in total. The Morgan fingerprint density at radius 2 is 2.00 bits per heavy atom. The highest BCUT2D eigenvalue weighted by molar-refractivity contribution is 5.92. The first-order valence-corrected chi connectivity index (χ1v) is 10.3. The zero-order valence-corrected chi connectivity index (χ0v) is 18.5. The van der Waals surface area contributed by atoms with Gasteiger partial charge in [0, 0.05) is 44.1 Å². The molecule has 8 nitrogen and oxygen atoms in total. The third-order valence-electron chi connectivity index (χ3n) is 5.26. The second-order valence-electron chi connectivity index (χ2n) is 8.88. The molecule has 0 aliphatic carbocycles. The number of carbonyl (C=O) groups is 1. The van der Waals surface area contributed by atoms with Gasteiger partial charge in [-0.1, -0.05) is 0 Å². The summed E-state index contributed by atoms with van der Waals surface area (Å²) in [6.07, 6.45) is 4.55. The predicted octanol–water partition coefficient (Wildman–Crippen LogP) is 3.71. The highest BCUT2D eigenvalue weighted by atomic mass is 19.1. The third-order valence-corrected chi connectivity index (χ3v) is 5.26. The molecular weight excluding hydrogens is 399 g/mol. The van der Waals surface area contributed by atoms with Gasteiger partial charge in [-0.05, 0) is 46.2 Å². The van der Waals surface area contributed by atoms with E-state index in [1.54, 1.807) is 9.47 Å². The molecule has 4 rings (SSSR count). The summed E-state index contributed by atoms with van der Waals surface area (Å²) in [6.45, 7) is 11.3. The van der Waals surface area contributed by atoms with Crippen LogP contribution in [-0.2, 0) is 4.74 Å². The van der Waals surface area contributed by atoms with Crippen LogP contribution < -0.4 is 4.90 Å². The minimum Gasteiger partial charge on any atom is -0.444 e. The van der Waals surface area contributed by atoms with E-state index in [4.69, 9.17) is 4.74 Å². The number of carbonyl (C=O) groups excluding carboxylic acids is 1. The first-order chi connectivity index (χ1) is 14.6. The molecule has 1 fully saturated rings. The van der Waals surface area contributed by atoms with Crippen molar-refractivity contribution in [2.75, 3.05) is 24.5 Å². The van der Waals surface area contributed by atoms with Crippen LogP contribution in [0.2, 0.25) is 0 Å². The highest BCUT2D eigenvalue weighted by Gasteiger charge is 2.32. The normalized spacial score (nSPS) is 17.3. The van der Waals surface area contributed by atoms with Gasteiger partial charge in [-0.3, -0.25) is 4.57 Å². The Kier molecular flexibility index (Phi) is 5.28. The van der Waals surface area contributed by atoms with Gasteiger partial charge in [0.2, 0.25) is 0 Å². The van der Waals surface area contributed by atoms with Crippen LogP contribution in [0.4, 0.5) is 15.0 Å². The number of ether oxygens (including phenoxy) is 1. The van der Waals surface area contributed by atoms with Crippen molar-refractivity contribution in [3.63, 3.8) is 0 Å². The molecule has 4 heterocycles. The zero-order chi connectivity index (χ0) is 22.3. The molecule has 1 amide bonds. The Hall–Kier alpha value is -3.23. The predicted molar refractivity (Wildman–Crippen MR) is 116 cm³/mol. The van der Waals surface area contributed by atoms with Gasteiger partial charge in [-0.25, -0.2) is 24.1 Å². The van der Waals surface area contributed by atoms with Crippen LogP contribution in [0.3, 0.4) is 0 Å². The number of pyridine rings is 1. The summed E-state index contributed by atoms with van der Waals surface area (Å²) in [5.74, 6) is 0.908. The minimum absolute atomic E-state index is 0.0365. The number of aromatic nitrogens is 4. The maximum absolute atomic E-state index is 13.7. The molecule has 164 valence electrons. The zero-order valence-electron chi connectivity index (χ0n) is 18.5. The van der Waals surface area contributed by atoms with Gasteiger partial charge in [-0.15, -0.1) is 0 Å². The lowest BCUT2D eigenvalue weighted by Gasteiger charge is -2.41. The largest absolute Gasteiger partial charge is 0.444 e. The number of halogens is 1. The molecule has 0 radical (unpaired) electrons. The fourth-order valence-corrected chi connectivity index (χ4v) is 3.90. The molecule has 0 bridgehead atoms. The molecule has 0 saturated carbocycles. The third kappa shape index (κ3) is 4.17. The van der Waals surface area contributed by atoms with E-state index in [2.05, 4.69) is 26.8 Å². The van der Waals surface area contributed by atoms with Crippen LogP contribution >= 0.6 is 0 Å². The fraction of sp³-hybridized carbons (Fsp3) is 0.455. The maximum Gasteiger partial charge on any atom is 0.410 e. The molecule has 31 heavy (non-hydrogen) atoms. The molecule has 1 aliphatic rings. The van der Waals surface area contributed by atoms with Gasteiger partial charge in [0.05, 0.1) is 5.39 Å². The van der Waals surface area contributed by atoms with Gasteiger partial charge in [0.15, 0.2) is 5.65 Å². The van der Waals surface area contributed by atoms with Crippen molar-refractivity contribution < 1.29 is 13.9 Å². The van der Waals surface area contributed by atoms with Gasteiger partial charge >= 0.3 is 6.09 Å². The summed E-state index contributed by atoms with van der Waals surface area (Å²) >= 11 is 0. The summed E-state index contributed by atoms with van der Waals surface area (Å²) in [5, 5.41) is 0.895. The molecular formula is C22H27FN6O2. The summed E-state index contributed by atoms with van der Waals surface area (Å²) in [6, 6.07) is 2.73. The second kappa shape index (κ2) is 7.79. The van der Waals surface area contributed by atoms with E-state index in [0.717, 1.165) is 16.8 Å². The van der Waals surface area contributed by atoms with Crippen molar-refractivity contribution in [2.45, 2.75) is 46.3 Å². The lowest BCUT2D eigenvalue weighted by Crippen LogP contribution is -2.54. The summed E-state index contributed by atoms with van der Waals surface area (Å²) < 4.78 is 21.0. The number of piperazine rings is 1. The number of fused-ring (bicyclic) bond motifs is 1. The average molecular weight is 426 g/mol. The Balaban J connectivity index is 1.64. The van der Waals surface area contributed by atoms with E-state index < -0.39 is 5.60 Å². The van der Waals surface area contributed by atoms with Crippen molar-refractivity contribution in [1.29, 1.82) is 0 Å². The Bertz CT molecular complexity index is 1120. The number of amides is 1. The van der Waals surface area contributed by atoms with Crippen LogP contribution in [0, 0.1) is 12.7 Å². The van der Waals surface area contributed by atoms with Gasteiger partial charge in [0.1, 0.15) is 29.4 Å². The molecule has 9 heteroatoms. The van der Waals surface area contributed by atoms with Gasteiger partial charge < -0.3 is 14.5 Å². The minimum atomic E-state index is -0.527. The highest BCUT2D eigenvalue weighted by Crippen LogP contribution is 2.31. The first kappa shape index (κ1) is 21.0. The van der Waals surface area contributed by atoms with Crippen molar-refractivity contribution in [3.05, 3.63) is 42.2 Å². The lowest BCUT2D eigenvalue weighted by atomic mass is 10.1. The van der Waals surface area contributed by atoms with Crippen molar-refractivity contribution in [1.82, 2.24) is 24.4 Å². The van der Waals surface area contributed by atoms with Gasteiger partial charge in [0.25, 0.3) is 0 Å². The molecule has 0 unspecified atom stereocenters. The van der Waals surface area contributed by atoms with Crippen LogP contribution in [0.1, 0.15) is 33.3 Å². The summed E-state index contributed by atoms with van der Waals surface area (Å²) in [7, 11) is 0. The van der Waals surface area contributed by atoms with E-state index in [-0.39, 0.29) is 18.0 Å². The Morgan fingerprint density at radius 3 is 2.68 bits per heavy atom. The van der Waals surface area contributed by atoms with Crippen LogP contribution in [0.15, 0.2) is 30.9 Å². The summed E-state index contributed by atoms with van der Waals surface area (Å²) in [4.78, 5) is 29.7. The van der Waals surface area contributed by atoms with E-state index in [1.165, 1.54) is 24.7 Å². The topological polar surface area (TPSA) is 76.4 Å². The fourth-order valence-electron chi connectivity index (χ4n) is 3.90. The van der Waals surface area contributed by atoms with Crippen molar-refractivity contribution in [2.24, 2.45) is 0 Å². The van der Waals surface area contributed by atoms with E-state index in [1.807, 2.05) is 33.9 Å². The van der Waals surface area contributed by atoms with Crippen molar-refractivity contribution in [3.8, 4) is 5.82 Å². The molecule has 3 aromatic rings. The van der Waals surface area contributed by atoms with E-state index >= 15 is 0 Å².